The predicted molar refractivity (Wildman–Crippen MR) is 81.0 cm³/mol. The van der Waals surface area contributed by atoms with Crippen LogP contribution in [0.1, 0.15) is 18.1 Å². The highest BCUT2D eigenvalue weighted by Crippen LogP contribution is 2.20. The maximum absolute atomic E-state index is 12.0. The Labute approximate surface area is 131 Å². The molecule has 23 heavy (non-hydrogen) atoms. The number of carbonyl (C=O) groups excluding carboxylic acids is 1. The molecule has 2 aromatic carbocycles. The van der Waals surface area contributed by atoms with Crippen molar-refractivity contribution in [2.24, 2.45) is 0 Å². The van der Waals surface area contributed by atoms with Crippen molar-refractivity contribution in [3.05, 3.63) is 48.0 Å². The van der Waals surface area contributed by atoms with Gasteiger partial charge in [-0.3, -0.25) is 0 Å². The van der Waals surface area contributed by atoms with E-state index in [2.05, 4.69) is 10.6 Å². The summed E-state index contributed by atoms with van der Waals surface area (Å²) in [5.74, 6) is 0. The summed E-state index contributed by atoms with van der Waals surface area (Å²) in [6.07, 6.45) is -6.33. The topological polar surface area (TPSA) is 61.4 Å². The molecular formula is C16H17F3N2O2. The van der Waals surface area contributed by atoms with Crippen LogP contribution in [0.15, 0.2) is 42.5 Å². The van der Waals surface area contributed by atoms with Crippen LogP contribution in [-0.2, 0) is 0 Å². The third kappa shape index (κ3) is 5.45. The number of aliphatic hydroxyl groups excluding tert-OH is 1. The molecule has 0 radical (unpaired) electrons. The van der Waals surface area contributed by atoms with Gasteiger partial charge in [-0.05, 0) is 22.4 Å². The van der Waals surface area contributed by atoms with E-state index >= 15 is 0 Å². The normalized spacial score (nSPS) is 12.9. The van der Waals surface area contributed by atoms with Gasteiger partial charge in [0.2, 0.25) is 0 Å². The Balaban J connectivity index is 1.83. The molecule has 0 spiro atoms. The van der Waals surface area contributed by atoms with Gasteiger partial charge in [0.1, 0.15) is 0 Å². The lowest BCUT2D eigenvalue weighted by molar-refractivity contribution is -0.132. The first kappa shape index (κ1) is 17.1. The fourth-order valence-corrected chi connectivity index (χ4v) is 2.10. The minimum absolute atomic E-state index is 0.0871. The Hall–Kier alpha value is -2.28. The third-order valence-electron chi connectivity index (χ3n) is 3.31. The summed E-state index contributed by atoms with van der Waals surface area (Å²) >= 11 is 0. The zero-order valence-electron chi connectivity index (χ0n) is 12.2. The second-order valence-electron chi connectivity index (χ2n) is 5.12. The van der Waals surface area contributed by atoms with Crippen molar-refractivity contribution < 1.29 is 23.1 Å². The molecule has 3 N–H and O–H groups in total. The van der Waals surface area contributed by atoms with Crippen LogP contribution in [0.5, 0.6) is 0 Å². The number of amides is 2. The molecule has 0 bridgehead atoms. The van der Waals surface area contributed by atoms with Gasteiger partial charge in [0.25, 0.3) is 0 Å². The number of halogens is 3. The smallest absolute Gasteiger partial charge is 0.387 e. The summed E-state index contributed by atoms with van der Waals surface area (Å²) in [7, 11) is 0. The number of urea groups is 1. The molecule has 7 heteroatoms. The number of benzene rings is 2. The van der Waals surface area contributed by atoms with E-state index in [1.54, 1.807) is 6.07 Å². The van der Waals surface area contributed by atoms with Crippen LogP contribution in [0.2, 0.25) is 0 Å². The number of hydrogen-bond donors (Lipinski definition) is 3. The predicted octanol–water partition coefficient (Wildman–Crippen LogP) is 3.12. The molecule has 2 aromatic rings. The first-order valence-corrected chi connectivity index (χ1v) is 7.10. The van der Waals surface area contributed by atoms with Crippen molar-refractivity contribution in [3.63, 3.8) is 0 Å². The standard InChI is InChI=1S/C16H17F3N2O2/c17-16(18,19)7-8-20-15(23)21-10-14(22)13-6-5-11-3-1-2-4-12(11)9-13/h1-6,9,14,22H,7-8,10H2,(H2,20,21,23). The van der Waals surface area contributed by atoms with Gasteiger partial charge >= 0.3 is 12.2 Å². The number of aliphatic hydroxyl groups is 1. The minimum atomic E-state index is -4.31. The lowest BCUT2D eigenvalue weighted by Gasteiger charge is -2.14. The molecule has 0 aliphatic rings. The van der Waals surface area contributed by atoms with E-state index in [0.717, 1.165) is 10.8 Å². The highest BCUT2D eigenvalue weighted by molar-refractivity contribution is 5.83. The average molecular weight is 326 g/mol. The fourth-order valence-electron chi connectivity index (χ4n) is 2.10. The van der Waals surface area contributed by atoms with Gasteiger partial charge in [-0.15, -0.1) is 0 Å². The molecule has 2 amide bonds. The minimum Gasteiger partial charge on any atom is -0.387 e. The molecule has 0 aromatic heterocycles. The number of fused-ring (bicyclic) bond motifs is 1. The second-order valence-corrected chi connectivity index (χ2v) is 5.12. The van der Waals surface area contributed by atoms with Gasteiger partial charge in [-0.2, -0.15) is 13.2 Å². The van der Waals surface area contributed by atoms with Gasteiger partial charge in [0, 0.05) is 13.1 Å². The lowest BCUT2D eigenvalue weighted by Crippen LogP contribution is -2.39. The van der Waals surface area contributed by atoms with Crippen molar-refractivity contribution in [3.8, 4) is 0 Å². The molecule has 1 atom stereocenters. The number of alkyl halides is 3. The zero-order chi connectivity index (χ0) is 16.9. The van der Waals surface area contributed by atoms with Gasteiger partial charge in [-0.1, -0.05) is 36.4 Å². The first-order chi connectivity index (χ1) is 10.8. The summed E-state index contributed by atoms with van der Waals surface area (Å²) in [4.78, 5) is 11.4. The van der Waals surface area contributed by atoms with E-state index in [9.17, 15) is 23.1 Å². The van der Waals surface area contributed by atoms with E-state index < -0.39 is 31.3 Å². The average Bonchev–Trinajstić information content (AvgIpc) is 2.51. The molecule has 4 nitrogen and oxygen atoms in total. The lowest BCUT2D eigenvalue weighted by atomic mass is 10.0. The first-order valence-electron chi connectivity index (χ1n) is 7.10. The van der Waals surface area contributed by atoms with Crippen molar-refractivity contribution in [2.75, 3.05) is 13.1 Å². The summed E-state index contributed by atoms with van der Waals surface area (Å²) in [5, 5.41) is 16.5. The Bertz CT molecular complexity index is 674. The van der Waals surface area contributed by atoms with E-state index in [4.69, 9.17) is 0 Å². The summed E-state index contributed by atoms with van der Waals surface area (Å²) in [6.45, 7) is -0.586. The van der Waals surface area contributed by atoms with Crippen LogP contribution < -0.4 is 10.6 Å². The van der Waals surface area contributed by atoms with Crippen molar-refractivity contribution in [2.45, 2.75) is 18.7 Å². The molecule has 1 unspecified atom stereocenters. The van der Waals surface area contributed by atoms with E-state index in [0.29, 0.717) is 5.56 Å². The summed E-state index contributed by atoms with van der Waals surface area (Å²) in [6, 6.07) is 12.3. The SMILES string of the molecule is O=C(NCCC(F)(F)F)NCC(O)c1ccc2ccccc2c1. The van der Waals surface area contributed by atoms with Gasteiger partial charge in [-0.25, -0.2) is 4.79 Å². The molecule has 0 saturated carbocycles. The monoisotopic (exact) mass is 326 g/mol. The zero-order valence-corrected chi connectivity index (χ0v) is 12.2. The second kappa shape index (κ2) is 7.32. The maximum Gasteiger partial charge on any atom is 0.390 e. The quantitative estimate of drug-likeness (QED) is 0.790. The third-order valence-corrected chi connectivity index (χ3v) is 3.31. The van der Waals surface area contributed by atoms with Crippen LogP contribution in [0.4, 0.5) is 18.0 Å². The fraction of sp³-hybridized carbons (Fsp3) is 0.312. The molecular weight excluding hydrogens is 309 g/mol. The van der Waals surface area contributed by atoms with Crippen LogP contribution in [0.25, 0.3) is 10.8 Å². The highest BCUT2D eigenvalue weighted by Gasteiger charge is 2.26. The van der Waals surface area contributed by atoms with Crippen molar-refractivity contribution in [1.29, 1.82) is 0 Å². The number of carbonyl (C=O) groups is 1. The Kier molecular flexibility index (Phi) is 5.44. The van der Waals surface area contributed by atoms with Crippen molar-refractivity contribution >= 4 is 16.8 Å². The Morgan fingerprint density at radius 1 is 1.09 bits per heavy atom. The van der Waals surface area contributed by atoms with Gasteiger partial charge in [0.15, 0.2) is 0 Å². The Morgan fingerprint density at radius 2 is 1.78 bits per heavy atom. The van der Waals surface area contributed by atoms with Crippen LogP contribution in [0, 0.1) is 0 Å². The van der Waals surface area contributed by atoms with Crippen LogP contribution in [0.3, 0.4) is 0 Å². The summed E-state index contributed by atoms with van der Waals surface area (Å²) < 4.78 is 35.9. The largest absolute Gasteiger partial charge is 0.390 e. The van der Waals surface area contributed by atoms with Gasteiger partial charge < -0.3 is 15.7 Å². The van der Waals surface area contributed by atoms with E-state index in [1.165, 1.54) is 0 Å². The number of hydrogen-bond acceptors (Lipinski definition) is 2. The molecule has 124 valence electrons. The molecule has 0 saturated heterocycles. The maximum atomic E-state index is 12.0. The molecule has 0 fully saturated rings. The van der Waals surface area contributed by atoms with E-state index in [1.807, 2.05) is 36.4 Å². The summed E-state index contributed by atoms with van der Waals surface area (Å²) in [5.41, 5.74) is 0.624. The van der Waals surface area contributed by atoms with Crippen LogP contribution in [-0.4, -0.2) is 30.4 Å². The highest BCUT2D eigenvalue weighted by atomic mass is 19.4. The van der Waals surface area contributed by atoms with Crippen molar-refractivity contribution in [1.82, 2.24) is 10.6 Å². The Morgan fingerprint density at radius 3 is 2.48 bits per heavy atom. The number of rotatable bonds is 5. The van der Waals surface area contributed by atoms with Crippen LogP contribution >= 0.6 is 0 Å². The molecule has 0 heterocycles. The molecule has 2 rings (SSSR count). The molecule has 0 aliphatic heterocycles. The molecule has 0 aliphatic carbocycles. The number of nitrogens with one attached hydrogen (secondary N) is 2. The van der Waals surface area contributed by atoms with Gasteiger partial charge in [0.05, 0.1) is 12.5 Å². The van der Waals surface area contributed by atoms with E-state index in [-0.39, 0.29) is 6.54 Å².